The van der Waals surface area contributed by atoms with Gasteiger partial charge in [-0.05, 0) is 77.3 Å². The summed E-state index contributed by atoms with van der Waals surface area (Å²) in [6, 6.07) is 15.6. The minimum absolute atomic E-state index is 0.164. The molecule has 5 rings (SSSR count). The molecule has 2 heterocycles. The lowest BCUT2D eigenvalue weighted by molar-refractivity contribution is -0.139. The van der Waals surface area contributed by atoms with E-state index in [2.05, 4.69) is 20.9 Å². The van der Waals surface area contributed by atoms with Crippen molar-refractivity contribution in [1.29, 1.82) is 0 Å². The zero-order valence-corrected chi connectivity index (χ0v) is 25.7. The van der Waals surface area contributed by atoms with E-state index in [9.17, 15) is 14.0 Å². The summed E-state index contributed by atoms with van der Waals surface area (Å²) in [4.78, 5) is 32.1. The Hall–Kier alpha value is -3.24. The van der Waals surface area contributed by atoms with Crippen LogP contribution in [0.2, 0.25) is 10.0 Å². The fourth-order valence-electron chi connectivity index (χ4n) is 4.50. The van der Waals surface area contributed by atoms with Crippen LogP contribution >= 0.6 is 50.5 Å². The molecule has 1 aliphatic heterocycles. The van der Waals surface area contributed by atoms with Gasteiger partial charge in [0.15, 0.2) is 4.80 Å². The normalized spacial score (nSPS) is 15.0. The summed E-state index contributed by atoms with van der Waals surface area (Å²) in [5.74, 6) is -0.451. The second kappa shape index (κ2) is 12.3. The van der Waals surface area contributed by atoms with Crippen LogP contribution in [-0.4, -0.2) is 17.1 Å². The summed E-state index contributed by atoms with van der Waals surface area (Å²) in [7, 11) is 0. The van der Waals surface area contributed by atoms with Gasteiger partial charge in [-0.2, -0.15) is 0 Å². The van der Waals surface area contributed by atoms with E-state index in [-0.39, 0.29) is 30.2 Å². The van der Waals surface area contributed by atoms with Crippen molar-refractivity contribution in [3.05, 3.63) is 129 Å². The molecule has 1 aliphatic rings. The SMILES string of the molecule is CCOC(=O)C1=C(C)N=c2s/c(=C\c3cc(Cl)cc(Br)c3OCc3ccc(F)cc3)c(=O)n2[C@H]1c1ccccc1Cl. The van der Waals surface area contributed by atoms with Crippen molar-refractivity contribution in [2.24, 2.45) is 4.99 Å². The number of ether oxygens (including phenoxy) is 2. The third-order valence-corrected chi connectivity index (χ3v) is 8.47. The highest BCUT2D eigenvalue weighted by molar-refractivity contribution is 9.10. The molecule has 1 aromatic heterocycles. The molecular weight excluding hydrogens is 654 g/mol. The zero-order chi connectivity index (χ0) is 29.3. The number of hydrogen-bond donors (Lipinski definition) is 0. The average Bonchev–Trinajstić information content (AvgIpc) is 3.23. The van der Waals surface area contributed by atoms with Crippen LogP contribution < -0.4 is 19.6 Å². The molecule has 11 heteroatoms. The lowest BCUT2D eigenvalue weighted by Crippen LogP contribution is -2.40. The fraction of sp³-hybridized carbons (Fsp3) is 0.167. The highest BCUT2D eigenvalue weighted by Crippen LogP contribution is 2.36. The first-order chi connectivity index (χ1) is 19.7. The zero-order valence-electron chi connectivity index (χ0n) is 21.8. The van der Waals surface area contributed by atoms with Crippen molar-refractivity contribution in [2.45, 2.75) is 26.5 Å². The van der Waals surface area contributed by atoms with Crippen LogP contribution in [0, 0.1) is 5.82 Å². The first kappa shape index (κ1) is 29.3. The summed E-state index contributed by atoms with van der Waals surface area (Å²) in [6.45, 7) is 3.76. The lowest BCUT2D eigenvalue weighted by Gasteiger charge is -2.25. The first-order valence-corrected chi connectivity index (χ1v) is 14.8. The lowest BCUT2D eigenvalue weighted by atomic mass is 9.96. The summed E-state index contributed by atoms with van der Waals surface area (Å²) < 4.78 is 27.2. The highest BCUT2D eigenvalue weighted by atomic mass is 79.9. The summed E-state index contributed by atoms with van der Waals surface area (Å²) >= 11 is 17.6. The molecule has 0 unspecified atom stereocenters. The maximum Gasteiger partial charge on any atom is 0.338 e. The van der Waals surface area contributed by atoms with Gasteiger partial charge < -0.3 is 9.47 Å². The molecule has 0 saturated heterocycles. The number of benzene rings is 3. The molecule has 1 atom stereocenters. The molecule has 0 amide bonds. The average molecular weight is 676 g/mol. The van der Waals surface area contributed by atoms with Gasteiger partial charge in [-0.1, -0.05) is 64.9 Å². The molecule has 0 bridgehead atoms. The number of allylic oxidation sites excluding steroid dienone is 1. The minimum Gasteiger partial charge on any atom is -0.487 e. The maximum absolute atomic E-state index is 14.0. The predicted octanol–water partition coefficient (Wildman–Crippen LogP) is 6.59. The Balaban J connectivity index is 1.65. The molecule has 0 aliphatic carbocycles. The number of aromatic nitrogens is 1. The largest absolute Gasteiger partial charge is 0.487 e. The van der Waals surface area contributed by atoms with Crippen molar-refractivity contribution in [2.75, 3.05) is 6.61 Å². The van der Waals surface area contributed by atoms with Crippen molar-refractivity contribution in [1.82, 2.24) is 4.57 Å². The van der Waals surface area contributed by atoms with Crippen molar-refractivity contribution in [3.8, 4) is 5.75 Å². The van der Waals surface area contributed by atoms with E-state index in [1.54, 1.807) is 68.5 Å². The van der Waals surface area contributed by atoms with Gasteiger partial charge in [0.25, 0.3) is 5.56 Å². The molecule has 41 heavy (non-hydrogen) atoms. The molecule has 6 nitrogen and oxygen atoms in total. The van der Waals surface area contributed by atoms with Gasteiger partial charge in [-0.15, -0.1) is 0 Å². The van der Waals surface area contributed by atoms with Crippen molar-refractivity contribution < 1.29 is 18.7 Å². The van der Waals surface area contributed by atoms with Gasteiger partial charge in [-0.25, -0.2) is 14.2 Å². The summed E-state index contributed by atoms with van der Waals surface area (Å²) in [5.41, 5.74) is 2.21. The molecule has 210 valence electrons. The quantitative estimate of drug-likeness (QED) is 0.208. The molecule has 0 N–H and O–H groups in total. The van der Waals surface area contributed by atoms with Gasteiger partial charge in [0.1, 0.15) is 24.2 Å². The second-order valence-electron chi connectivity index (χ2n) is 9.04. The Bertz CT molecular complexity index is 1870. The van der Waals surface area contributed by atoms with Crippen molar-refractivity contribution in [3.63, 3.8) is 0 Å². The van der Waals surface area contributed by atoms with Crippen molar-refractivity contribution >= 4 is 62.5 Å². The summed E-state index contributed by atoms with van der Waals surface area (Å²) in [5, 5.41) is 0.832. The highest BCUT2D eigenvalue weighted by Gasteiger charge is 2.34. The van der Waals surface area contributed by atoms with E-state index in [0.29, 0.717) is 46.4 Å². The Morgan fingerprint density at radius 3 is 2.61 bits per heavy atom. The predicted molar refractivity (Wildman–Crippen MR) is 162 cm³/mol. The van der Waals surface area contributed by atoms with Crippen LogP contribution in [-0.2, 0) is 16.1 Å². The van der Waals surface area contributed by atoms with E-state index in [4.69, 9.17) is 32.7 Å². The van der Waals surface area contributed by atoms with Crippen LogP contribution in [0.4, 0.5) is 4.39 Å². The minimum atomic E-state index is -0.832. The van der Waals surface area contributed by atoms with Crippen LogP contribution in [0.1, 0.15) is 36.6 Å². The maximum atomic E-state index is 14.0. The molecule has 4 aromatic rings. The number of hydrogen-bond acceptors (Lipinski definition) is 6. The first-order valence-electron chi connectivity index (χ1n) is 12.5. The van der Waals surface area contributed by atoms with Crippen LogP contribution in [0.15, 0.2) is 86.2 Å². The molecular formula is C30H22BrCl2FN2O4S. The fourth-order valence-corrected chi connectivity index (χ4v) is 6.72. The third kappa shape index (κ3) is 6.04. The number of carbonyl (C=O) groups is 1. The third-order valence-electron chi connectivity index (χ3n) is 6.34. The molecule has 0 radical (unpaired) electrons. The van der Waals surface area contributed by atoms with E-state index >= 15 is 0 Å². The Morgan fingerprint density at radius 1 is 1.17 bits per heavy atom. The standard InChI is InChI=1S/C30H22BrCl2FN2O4S/c1-3-39-29(38)25-16(2)35-30-36(26(25)21-6-4-5-7-23(21)33)28(37)24(41-30)13-18-12-19(32)14-22(31)27(18)40-15-17-8-10-20(34)11-9-17/h4-14,26H,3,15H2,1-2H3/b24-13-/t26-/m0/s1. The number of halogens is 4. The van der Waals surface area contributed by atoms with Gasteiger partial charge in [0, 0.05) is 15.6 Å². The molecule has 0 fully saturated rings. The van der Waals surface area contributed by atoms with Gasteiger partial charge in [-0.3, -0.25) is 9.36 Å². The monoisotopic (exact) mass is 674 g/mol. The van der Waals surface area contributed by atoms with Gasteiger partial charge >= 0.3 is 5.97 Å². The topological polar surface area (TPSA) is 69.9 Å². The van der Waals surface area contributed by atoms with Crippen LogP contribution in [0.25, 0.3) is 6.08 Å². The van der Waals surface area contributed by atoms with E-state index < -0.39 is 12.0 Å². The Kier molecular flexibility index (Phi) is 8.79. The van der Waals surface area contributed by atoms with Crippen LogP contribution in [0.5, 0.6) is 5.75 Å². The Morgan fingerprint density at radius 2 is 1.90 bits per heavy atom. The van der Waals surface area contributed by atoms with E-state index in [0.717, 1.165) is 5.56 Å². The number of nitrogens with zero attached hydrogens (tertiary/aromatic N) is 2. The van der Waals surface area contributed by atoms with E-state index in [1.807, 2.05) is 0 Å². The molecule has 0 saturated carbocycles. The Labute approximate surface area is 257 Å². The molecule has 0 spiro atoms. The van der Waals surface area contributed by atoms with Gasteiger partial charge in [0.2, 0.25) is 0 Å². The molecule has 3 aromatic carbocycles. The number of esters is 1. The second-order valence-corrected chi connectivity index (χ2v) is 11.8. The number of thiazole rings is 1. The van der Waals surface area contributed by atoms with Gasteiger partial charge in [0.05, 0.1) is 26.9 Å². The number of rotatable bonds is 7. The number of fused-ring (bicyclic) bond motifs is 1. The smallest absolute Gasteiger partial charge is 0.338 e. The van der Waals surface area contributed by atoms with Crippen LogP contribution in [0.3, 0.4) is 0 Å². The van der Waals surface area contributed by atoms with E-state index in [1.165, 1.54) is 28.0 Å². The summed E-state index contributed by atoms with van der Waals surface area (Å²) in [6.07, 6.45) is 1.67. The number of carbonyl (C=O) groups excluding carboxylic acids is 1.